The van der Waals surface area contributed by atoms with Gasteiger partial charge in [0.05, 0.1) is 24.6 Å². The molecule has 5 N–H and O–H groups in total. The molecule has 0 bridgehead atoms. The Balaban J connectivity index is 1.45. The standard InChI is InChI=1S/C29H37N5O5/c30-25-6-2-3-7-26(25)34-21-22(8-13-27(34)28(36)37)20-33(29(38)31-23-9-11-24(35)12-10-23)15-5-1-4-14-32-16-18-39-19-17-32/h2-3,6-13,21,27,35H,1,4-5,14-20,30H2,(H,31,38)(H,36,37). The van der Waals surface area contributed by atoms with Gasteiger partial charge in [0.1, 0.15) is 11.8 Å². The van der Waals surface area contributed by atoms with Crippen molar-refractivity contribution in [1.82, 2.24) is 9.80 Å². The van der Waals surface area contributed by atoms with Crippen molar-refractivity contribution in [3.8, 4) is 5.75 Å². The molecule has 0 aliphatic carbocycles. The van der Waals surface area contributed by atoms with Crippen LogP contribution in [0.2, 0.25) is 0 Å². The number of para-hydroxylation sites is 2. The number of nitrogens with one attached hydrogen (secondary N) is 1. The van der Waals surface area contributed by atoms with E-state index in [4.69, 9.17) is 10.5 Å². The lowest BCUT2D eigenvalue weighted by atomic mass is 10.1. The number of hydrogen-bond acceptors (Lipinski definition) is 7. The number of phenols is 1. The number of hydrogen-bond donors (Lipinski definition) is 4. The Labute approximate surface area is 228 Å². The molecule has 10 heteroatoms. The highest BCUT2D eigenvalue weighted by Gasteiger charge is 2.27. The maximum absolute atomic E-state index is 13.3. The predicted molar refractivity (Wildman–Crippen MR) is 152 cm³/mol. The molecule has 0 spiro atoms. The SMILES string of the molecule is Nc1ccccc1N1C=C(CN(CCCCCN2CCOCC2)C(=O)Nc2ccc(O)cc2)C=CC1C(=O)O. The molecule has 10 nitrogen and oxygen atoms in total. The number of carbonyl (C=O) groups is 2. The first-order valence-corrected chi connectivity index (χ1v) is 13.3. The minimum absolute atomic E-state index is 0.121. The number of anilines is 3. The third-order valence-corrected chi connectivity index (χ3v) is 6.85. The molecule has 2 heterocycles. The van der Waals surface area contributed by atoms with Gasteiger partial charge in [0.15, 0.2) is 0 Å². The Bertz CT molecular complexity index is 1180. The largest absolute Gasteiger partial charge is 0.508 e. The average Bonchev–Trinajstić information content (AvgIpc) is 2.94. The molecular weight excluding hydrogens is 498 g/mol. The van der Waals surface area contributed by atoms with Crippen LogP contribution < -0.4 is 16.0 Å². The quantitative estimate of drug-likeness (QED) is 0.195. The zero-order valence-corrected chi connectivity index (χ0v) is 22.0. The van der Waals surface area contributed by atoms with Crippen molar-refractivity contribution in [3.05, 3.63) is 72.5 Å². The van der Waals surface area contributed by atoms with Crippen LogP contribution in [-0.2, 0) is 9.53 Å². The van der Waals surface area contributed by atoms with Crippen LogP contribution in [0, 0.1) is 0 Å². The number of nitrogens with two attached hydrogens (primary N) is 1. The lowest BCUT2D eigenvalue weighted by molar-refractivity contribution is -0.137. The molecule has 1 fully saturated rings. The summed E-state index contributed by atoms with van der Waals surface area (Å²) in [5, 5.41) is 22.3. The number of nitrogens with zero attached hydrogens (tertiary/aromatic N) is 3. The number of rotatable bonds is 11. The molecule has 0 saturated carbocycles. The topological polar surface area (TPSA) is 132 Å². The third kappa shape index (κ3) is 7.98. The van der Waals surface area contributed by atoms with Crippen LogP contribution in [-0.4, -0.2) is 84.0 Å². The summed E-state index contributed by atoms with van der Waals surface area (Å²) in [6.07, 6.45) is 7.97. The van der Waals surface area contributed by atoms with Crippen LogP contribution in [0.3, 0.4) is 0 Å². The van der Waals surface area contributed by atoms with Gasteiger partial charge in [-0.15, -0.1) is 0 Å². The minimum Gasteiger partial charge on any atom is -0.508 e. The highest BCUT2D eigenvalue weighted by atomic mass is 16.5. The van der Waals surface area contributed by atoms with E-state index in [0.29, 0.717) is 30.2 Å². The van der Waals surface area contributed by atoms with Crippen LogP contribution in [0.25, 0.3) is 0 Å². The molecule has 2 aromatic carbocycles. The van der Waals surface area contributed by atoms with Crippen molar-refractivity contribution < 1.29 is 24.5 Å². The molecule has 208 valence electrons. The number of amides is 2. The Kier molecular flexibility index (Phi) is 9.82. The van der Waals surface area contributed by atoms with Crippen molar-refractivity contribution in [2.24, 2.45) is 0 Å². The van der Waals surface area contributed by atoms with Gasteiger partial charge in [-0.05, 0) is 61.4 Å². The fraction of sp³-hybridized carbons (Fsp3) is 0.379. The molecule has 1 atom stereocenters. The fourth-order valence-electron chi connectivity index (χ4n) is 4.71. The summed E-state index contributed by atoms with van der Waals surface area (Å²) in [5.41, 5.74) is 8.58. The first-order valence-electron chi connectivity index (χ1n) is 13.3. The van der Waals surface area contributed by atoms with E-state index in [2.05, 4.69) is 10.2 Å². The number of morpholine rings is 1. The Morgan fingerprint density at radius 3 is 2.51 bits per heavy atom. The van der Waals surface area contributed by atoms with Crippen LogP contribution in [0.15, 0.2) is 72.5 Å². The molecule has 1 unspecified atom stereocenters. The fourth-order valence-corrected chi connectivity index (χ4v) is 4.71. The number of aromatic hydroxyl groups is 1. The number of ether oxygens (including phenoxy) is 1. The molecule has 0 radical (unpaired) electrons. The van der Waals surface area contributed by atoms with Crippen molar-refractivity contribution in [2.75, 3.05) is 61.9 Å². The summed E-state index contributed by atoms with van der Waals surface area (Å²) in [6.45, 7) is 5.32. The van der Waals surface area contributed by atoms with Crippen LogP contribution in [0.4, 0.5) is 21.9 Å². The van der Waals surface area contributed by atoms with Gasteiger partial charge in [0, 0.05) is 38.1 Å². The number of phenolic OH excluding ortho intramolecular Hbond substituents is 1. The summed E-state index contributed by atoms with van der Waals surface area (Å²) in [7, 11) is 0. The van der Waals surface area contributed by atoms with Crippen LogP contribution in [0.1, 0.15) is 19.3 Å². The van der Waals surface area contributed by atoms with Crippen molar-refractivity contribution in [1.29, 1.82) is 0 Å². The van der Waals surface area contributed by atoms with Gasteiger partial charge in [0.2, 0.25) is 0 Å². The van der Waals surface area contributed by atoms with Gasteiger partial charge in [-0.1, -0.05) is 30.7 Å². The number of unbranched alkanes of at least 4 members (excludes halogenated alkanes) is 2. The van der Waals surface area contributed by atoms with Gasteiger partial charge < -0.3 is 35.8 Å². The monoisotopic (exact) mass is 535 g/mol. The highest BCUT2D eigenvalue weighted by Crippen LogP contribution is 2.29. The van der Waals surface area contributed by atoms with Gasteiger partial charge in [-0.3, -0.25) is 4.90 Å². The summed E-state index contributed by atoms with van der Waals surface area (Å²) in [4.78, 5) is 31.0. The van der Waals surface area contributed by atoms with E-state index in [-0.39, 0.29) is 11.8 Å². The highest BCUT2D eigenvalue weighted by molar-refractivity contribution is 5.90. The molecule has 2 aliphatic rings. The number of benzene rings is 2. The van der Waals surface area contributed by atoms with Gasteiger partial charge >= 0.3 is 12.0 Å². The second-order valence-corrected chi connectivity index (χ2v) is 9.73. The Hall–Kier alpha value is -4.02. The number of urea groups is 1. The Morgan fingerprint density at radius 1 is 1.05 bits per heavy atom. The normalized spacial score (nSPS) is 17.5. The number of aliphatic carboxylic acids is 1. The zero-order chi connectivity index (χ0) is 27.6. The van der Waals surface area contributed by atoms with Crippen LogP contribution in [0.5, 0.6) is 5.75 Å². The van der Waals surface area contributed by atoms with Crippen molar-refractivity contribution >= 4 is 29.1 Å². The molecule has 1 saturated heterocycles. The number of carboxylic acid groups (broad SMARTS) is 1. The second kappa shape index (κ2) is 13.7. The number of nitrogen functional groups attached to an aromatic ring is 1. The Morgan fingerprint density at radius 2 is 1.79 bits per heavy atom. The summed E-state index contributed by atoms with van der Waals surface area (Å²) < 4.78 is 5.41. The van der Waals surface area contributed by atoms with E-state index in [0.717, 1.165) is 57.7 Å². The maximum Gasteiger partial charge on any atom is 0.330 e. The number of carboxylic acids is 1. The average molecular weight is 536 g/mol. The van der Waals surface area contributed by atoms with Gasteiger partial charge in [0.25, 0.3) is 0 Å². The molecule has 2 aromatic rings. The predicted octanol–water partition coefficient (Wildman–Crippen LogP) is 3.72. The molecule has 4 rings (SSSR count). The van der Waals surface area contributed by atoms with E-state index in [1.807, 2.05) is 6.07 Å². The van der Waals surface area contributed by atoms with Gasteiger partial charge in [-0.2, -0.15) is 0 Å². The number of carbonyl (C=O) groups excluding carboxylic acids is 1. The van der Waals surface area contributed by atoms with Crippen LogP contribution >= 0.6 is 0 Å². The second-order valence-electron chi connectivity index (χ2n) is 9.73. The first-order chi connectivity index (χ1) is 18.9. The van der Waals surface area contributed by atoms with Gasteiger partial charge in [-0.25, -0.2) is 9.59 Å². The lowest BCUT2D eigenvalue weighted by Gasteiger charge is -2.32. The van der Waals surface area contributed by atoms with Crippen molar-refractivity contribution in [3.63, 3.8) is 0 Å². The summed E-state index contributed by atoms with van der Waals surface area (Å²) in [6, 6.07) is 12.3. The first kappa shape index (κ1) is 28.0. The van der Waals surface area contributed by atoms with E-state index < -0.39 is 12.0 Å². The van der Waals surface area contributed by atoms with E-state index in [1.165, 1.54) is 12.1 Å². The lowest BCUT2D eigenvalue weighted by Crippen LogP contribution is -2.41. The van der Waals surface area contributed by atoms with E-state index in [9.17, 15) is 19.8 Å². The van der Waals surface area contributed by atoms with E-state index in [1.54, 1.807) is 58.5 Å². The molecule has 39 heavy (non-hydrogen) atoms. The minimum atomic E-state index is -0.994. The maximum atomic E-state index is 13.3. The molecular formula is C29H37N5O5. The van der Waals surface area contributed by atoms with E-state index >= 15 is 0 Å². The molecule has 0 aromatic heterocycles. The van der Waals surface area contributed by atoms with Crippen molar-refractivity contribution in [2.45, 2.75) is 25.3 Å². The smallest absolute Gasteiger partial charge is 0.330 e. The molecule has 2 aliphatic heterocycles. The summed E-state index contributed by atoms with van der Waals surface area (Å²) in [5.74, 6) is -0.872. The zero-order valence-electron chi connectivity index (χ0n) is 22.0. The third-order valence-electron chi connectivity index (χ3n) is 6.85. The summed E-state index contributed by atoms with van der Waals surface area (Å²) >= 11 is 0. The molecule has 2 amide bonds.